The van der Waals surface area contributed by atoms with Gasteiger partial charge in [0, 0.05) is 27.0 Å². The molecule has 1 unspecified atom stereocenters. The van der Waals surface area contributed by atoms with Crippen LogP contribution in [-0.4, -0.2) is 11.0 Å². The molecule has 35 heavy (non-hydrogen) atoms. The van der Waals surface area contributed by atoms with Gasteiger partial charge >= 0.3 is 0 Å². The minimum Gasteiger partial charge on any atom is -0.332 e. The second-order valence-corrected chi connectivity index (χ2v) is 9.90. The summed E-state index contributed by atoms with van der Waals surface area (Å²) in [7, 11) is 0. The zero-order valence-corrected chi connectivity index (χ0v) is 21.4. The molecule has 4 rings (SSSR count). The Labute approximate surface area is 220 Å². The molecule has 0 saturated heterocycles. The number of aryl methyl sites for hydroxylation is 1. The van der Waals surface area contributed by atoms with Gasteiger partial charge in [-0.1, -0.05) is 71.8 Å². The van der Waals surface area contributed by atoms with Crippen LogP contribution in [-0.2, 0) is 4.79 Å². The Hall–Kier alpha value is -3.32. The standard InChI is InChI=1S/C28H24ClN3OS2/c1-19-13-15-22(16-14-19)31-28(34)32-24-11-6-12-25(18-24)35-26(20-7-3-2-4-8-20)27(33)30-23-10-5-9-21(29)17-23/h2-18,26H,1H3,(H,30,33)(H2,31,32,34). The topological polar surface area (TPSA) is 53.2 Å². The maximum absolute atomic E-state index is 13.3. The highest BCUT2D eigenvalue weighted by Crippen LogP contribution is 2.37. The van der Waals surface area contributed by atoms with Gasteiger partial charge in [0.05, 0.1) is 0 Å². The lowest BCUT2D eigenvalue weighted by Crippen LogP contribution is -2.19. The van der Waals surface area contributed by atoms with Gasteiger partial charge in [-0.3, -0.25) is 4.79 Å². The minimum absolute atomic E-state index is 0.126. The van der Waals surface area contributed by atoms with Crippen LogP contribution in [0.25, 0.3) is 0 Å². The summed E-state index contributed by atoms with van der Waals surface area (Å²) in [6.07, 6.45) is 0. The van der Waals surface area contributed by atoms with Crippen LogP contribution in [0.2, 0.25) is 5.02 Å². The van der Waals surface area contributed by atoms with Gasteiger partial charge < -0.3 is 16.0 Å². The van der Waals surface area contributed by atoms with E-state index in [1.807, 2.05) is 97.9 Å². The Balaban J connectivity index is 1.49. The zero-order chi connectivity index (χ0) is 24.6. The van der Waals surface area contributed by atoms with Crippen molar-refractivity contribution in [2.24, 2.45) is 0 Å². The van der Waals surface area contributed by atoms with Gasteiger partial charge in [-0.2, -0.15) is 0 Å². The van der Waals surface area contributed by atoms with Crippen molar-refractivity contribution in [3.8, 4) is 0 Å². The van der Waals surface area contributed by atoms with Crippen molar-refractivity contribution < 1.29 is 4.79 Å². The molecule has 0 heterocycles. The predicted molar refractivity (Wildman–Crippen MR) is 153 cm³/mol. The van der Waals surface area contributed by atoms with Crippen molar-refractivity contribution in [1.82, 2.24) is 0 Å². The number of thioether (sulfide) groups is 1. The van der Waals surface area contributed by atoms with E-state index in [1.54, 1.807) is 12.1 Å². The highest BCUT2D eigenvalue weighted by atomic mass is 35.5. The largest absolute Gasteiger partial charge is 0.332 e. The first-order valence-corrected chi connectivity index (χ1v) is 12.7. The van der Waals surface area contributed by atoms with Gasteiger partial charge in [0.15, 0.2) is 5.11 Å². The summed E-state index contributed by atoms with van der Waals surface area (Å²) in [5.41, 5.74) is 4.51. The Morgan fingerprint density at radius 3 is 2.14 bits per heavy atom. The summed E-state index contributed by atoms with van der Waals surface area (Å²) in [6.45, 7) is 2.04. The van der Waals surface area contributed by atoms with E-state index in [4.69, 9.17) is 23.8 Å². The summed E-state index contributed by atoms with van der Waals surface area (Å²) >= 11 is 13.0. The summed E-state index contributed by atoms with van der Waals surface area (Å²) in [5.74, 6) is -0.126. The average molecular weight is 518 g/mol. The Morgan fingerprint density at radius 2 is 1.43 bits per heavy atom. The van der Waals surface area contributed by atoms with Gasteiger partial charge in [0.2, 0.25) is 5.91 Å². The molecule has 0 fully saturated rings. The highest BCUT2D eigenvalue weighted by molar-refractivity contribution is 8.00. The molecule has 176 valence electrons. The Bertz CT molecular complexity index is 1310. The van der Waals surface area contributed by atoms with E-state index in [9.17, 15) is 4.79 Å². The molecule has 4 aromatic carbocycles. The molecular weight excluding hydrogens is 494 g/mol. The van der Waals surface area contributed by atoms with Crippen molar-refractivity contribution in [2.45, 2.75) is 17.1 Å². The first kappa shape index (κ1) is 24.8. The molecule has 3 N–H and O–H groups in total. The fourth-order valence-electron chi connectivity index (χ4n) is 3.39. The maximum Gasteiger partial charge on any atom is 0.242 e. The van der Waals surface area contributed by atoms with E-state index in [1.165, 1.54) is 17.3 Å². The molecule has 0 radical (unpaired) electrons. The molecule has 7 heteroatoms. The number of nitrogens with one attached hydrogen (secondary N) is 3. The third-order valence-electron chi connectivity index (χ3n) is 5.09. The third kappa shape index (κ3) is 7.33. The lowest BCUT2D eigenvalue weighted by atomic mass is 10.1. The number of hydrogen-bond donors (Lipinski definition) is 3. The molecule has 0 aliphatic carbocycles. The monoisotopic (exact) mass is 517 g/mol. The number of hydrogen-bond acceptors (Lipinski definition) is 3. The van der Waals surface area contributed by atoms with E-state index in [2.05, 4.69) is 16.0 Å². The summed E-state index contributed by atoms with van der Waals surface area (Å²) < 4.78 is 0. The number of carbonyl (C=O) groups excluding carboxylic acids is 1. The second-order valence-electron chi connectivity index (χ2n) is 7.88. The number of thiocarbonyl (C=S) groups is 1. The fourth-order valence-corrected chi connectivity index (χ4v) is 4.90. The quantitative estimate of drug-likeness (QED) is 0.172. The molecule has 0 spiro atoms. The molecule has 1 atom stereocenters. The van der Waals surface area contributed by atoms with Crippen molar-refractivity contribution in [3.63, 3.8) is 0 Å². The zero-order valence-electron chi connectivity index (χ0n) is 19.0. The van der Waals surface area contributed by atoms with Crippen LogP contribution in [0.3, 0.4) is 0 Å². The number of halogens is 1. The van der Waals surface area contributed by atoms with E-state index >= 15 is 0 Å². The molecule has 0 saturated carbocycles. The van der Waals surface area contributed by atoms with Crippen molar-refractivity contribution in [3.05, 3.63) is 119 Å². The van der Waals surface area contributed by atoms with Gasteiger partial charge in [-0.25, -0.2) is 0 Å². The number of rotatable bonds is 7. The van der Waals surface area contributed by atoms with Crippen LogP contribution in [0, 0.1) is 6.92 Å². The third-order valence-corrected chi connectivity index (χ3v) is 6.78. The van der Waals surface area contributed by atoms with Crippen molar-refractivity contribution in [1.29, 1.82) is 0 Å². The van der Waals surface area contributed by atoms with Gasteiger partial charge in [-0.05, 0) is 73.2 Å². The molecule has 0 aromatic heterocycles. The molecule has 0 aliphatic heterocycles. The number of anilines is 3. The van der Waals surface area contributed by atoms with Gasteiger partial charge in [0.25, 0.3) is 0 Å². The highest BCUT2D eigenvalue weighted by Gasteiger charge is 2.22. The smallest absolute Gasteiger partial charge is 0.242 e. The van der Waals surface area contributed by atoms with Crippen LogP contribution < -0.4 is 16.0 Å². The van der Waals surface area contributed by atoms with E-state index in [0.717, 1.165) is 21.8 Å². The second kappa shape index (κ2) is 11.9. The first-order valence-electron chi connectivity index (χ1n) is 11.0. The molecular formula is C28H24ClN3OS2. The first-order chi connectivity index (χ1) is 17.0. The van der Waals surface area contributed by atoms with Crippen molar-refractivity contribution >= 4 is 63.7 Å². The lowest BCUT2D eigenvalue weighted by molar-refractivity contribution is -0.115. The summed E-state index contributed by atoms with van der Waals surface area (Å²) in [6, 6.07) is 32.7. The Kier molecular flexibility index (Phi) is 8.42. The van der Waals surface area contributed by atoms with Crippen LogP contribution in [0.1, 0.15) is 16.4 Å². The molecule has 4 nitrogen and oxygen atoms in total. The summed E-state index contributed by atoms with van der Waals surface area (Å²) in [4.78, 5) is 14.2. The average Bonchev–Trinajstić information content (AvgIpc) is 2.85. The lowest BCUT2D eigenvalue weighted by Gasteiger charge is -2.18. The number of amides is 1. The van der Waals surface area contributed by atoms with Crippen LogP contribution in [0.4, 0.5) is 17.1 Å². The number of carbonyl (C=O) groups is 1. The van der Waals surface area contributed by atoms with Gasteiger partial charge in [0.1, 0.15) is 5.25 Å². The molecule has 0 bridgehead atoms. The van der Waals surface area contributed by atoms with Crippen molar-refractivity contribution in [2.75, 3.05) is 16.0 Å². The maximum atomic E-state index is 13.3. The van der Waals surface area contributed by atoms with E-state index in [0.29, 0.717) is 15.8 Å². The fraction of sp³-hybridized carbons (Fsp3) is 0.0714. The molecule has 4 aromatic rings. The normalized spacial score (nSPS) is 11.4. The molecule has 0 aliphatic rings. The summed E-state index contributed by atoms with van der Waals surface area (Å²) in [5, 5.41) is 10.0. The van der Waals surface area contributed by atoms with Crippen LogP contribution >= 0.6 is 35.6 Å². The van der Waals surface area contributed by atoms with E-state index < -0.39 is 5.25 Å². The van der Waals surface area contributed by atoms with E-state index in [-0.39, 0.29) is 5.91 Å². The number of benzene rings is 4. The Morgan fingerprint density at radius 1 is 0.771 bits per heavy atom. The van der Waals surface area contributed by atoms with Gasteiger partial charge in [-0.15, -0.1) is 11.8 Å². The predicted octanol–water partition coefficient (Wildman–Crippen LogP) is 7.93. The molecule has 1 amide bonds. The minimum atomic E-state index is -0.455. The van der Waals surface area contributed by atoms with Crippen LogP contribution in [0.15, 0.2) is 108 Å². The SMILES string of the molecule is Cc1ccc(NC(=S)Nc2cccc(SC(C(=O)Nc3cccc(Cl)c3)c3ccccc3)c2)cc1. The van der Waals surface area contributed by atoms with Crippen LogP contribution in [0.5, 0.6) is 0 Å².